The van der Waals surface area contributed by atoms with E-state index in [2.05, 4.69) is 10.6 Å². The lowest BCUT2D eigenvalue weighted by molar-refractivity contribution is 0.198. The van der Waals surface area contributed by atoms with E-state index in [-0.39, 0.29) is 17.6 Å². The van der Waals surface area contributed by atoms with Crippen LogP contribution in [0.4, 0.5) is 10.5 Å². The first-order valence-electron chi connectivity index (χ1n) is 8.41. The molecule has 0 saturated carbocycles. The average molecular weight is 328 g/mol. The Kier molecular flexibility index (Phi) is 4.85. The molecule has 3 rings (SSSR count). The number of pyridine rings is 1. The maximum absolute atomic E-state index is 12.6. The van der Waals surface area contributed by atoms with Gasteiger partial charge in [0.25, 0.3) is 5.56 Å². The van der Waals surface area contributed by atoms with E-state index < -0.39 is 0 Å². The molecule has 2 aromatic rings. The molecule has 24 heavy (non-hydrogen) atoms. The number of rotatable bonds is 2. The number of hydrogen-bond donors (Lipinski definition) is 2. The third-order valence-electron chi connectivity index (χ3n) is 4.78. The average Bonchev–Trinajstić information content (AvgIpc) is 2.87. The lowest BCUT2D eigenvalue weighted by atomic mass is 10.1. The zero-order valence-corrected chi connectivity index (χ0v) is 14.2. The van der Waals surface area contributed by atoms with Gasteiger partial charge in [-0.3, -0.25) is 4.79 Å². The summed E-state index contributed by atoms with van der Waals surface area (Å²) in [6.07, 6.45) is 4.76. The highest BCUT2D eigenvalue weighted by Gasteiger charge is 2.21. The molecule has 1 saturated heterocycles. The Balaban J connectivity index is 1.82. The summed E-state index contributed by atoms with van der Waals surface area (Å²) in [6, 6.07) is 7.39. The molecule has 1 fully saturated rings. The van der Waals surface area contributed by atoms with Crippen LogP contribution in [0.5, 0.6) is 0 Å². The summed E-state index contributed by atoms with van der Waals surface area (Å²) >= 11 is 0. The van der Waals surface area contributed by atoms with E-state index >= 15 is 0 Å². The second-order valence-electron chi connectivity index (χ2n) is 6.37. The molecule has 0 bridgehead atoms. The largest absolute Gasteiger partial charge is 0.325 e. The molecule has 2 N–H and O–H groups in total. The van der Waals surface area contributed by atoms with Gasteiger partial charge in [0.05, 0.1) is 5.69 Å². The normalized spacial score (nSPS) is 18.2. The molecule has 1 unspecified atom stereocenters. The fraction of sp³-hybridized carbons (Fsp3) is 0.444. The summed E-state index contributed by atoms with van der Waals surface area (Å²) in [5, 5.41) is 7.71. The summed E-state index contributed by atoms with van der Waals surface area (Å²) < 4.78 is 1.54. The molecule has 0 spiro atoms. The van der Waals surface area contributed by atoms with Crippen LogP contribution in [0.3, 0.4) is 0 Å². The first-order chi connectivity index (χ1) is 11.6. The van der Waals surface area contributed by atoms with Crippen molar-refractivity contribution in [1.29, 1.82) is 0 Å². The minimum absolute atomic E-state index is 0.0632. The van der Waals surface area contributed by atoms with E-state index in [1.54, 1.807) is 34.8 Å². The van der Waals surface area contributed by atoms with Crippen molar-refractivity contribution < 1.29 is 4.79 Å². The van der Waals surface area contributed by atoms with Crippen molar-refractivity contribution >= 4 is 22.5 Å². The minimum Gasteiger partial charge on any atom is -0.325 e. The van der Waals surface area contributed by atoms with Crippen LogP contribution in [0.15, 0.2) is 35.3 Å². The summed E-state index contributed by atoms with van der Waals surface area (Å²) in [7, 11) is 3.57. The molecule has 128 valence electrons. The molecule has 2 heterocycles. The smallest absolute Gasteiger partial charge is 0.321 e. The highest BCUT2D eigenvalue weighted by Crippen LogP contribution is 2.21. The van der Waals surface area contributed by atoms with Crippen LogP contribution in [0.25, 0.3) is 10.8 Å². The molecule has 1 aromatic carbocycles. The Labute approximate surface area is 141 Å². The fourth-order valence-corrected chi connectivity index (χ4v) is 3.24. The molecule has 6 heteroatoms. The molecule has 0 aliphatic carbocycles. The van der Waals surface area contributed by atoms with E-state index in [1.807, 2.05) is 19.2 Å². The SMILES string of the molecule is CN(C(=O)Nc1cccc2c(=O)n(C)ccc12)C1CCCNCC1. The lowest BCUT2D eigenvalue weighted by Gasteiger charge is -2.27. The van der Waals surface area contributed by atoms with Crippen molar-refractivity contribution in [3.8, 4) is 0 Å². The number of carbonyl (C=O) groups is 1. The zero-order chi connectivity index (χ0) is 17.1. The van der Waals surface area contributed by atoms with Gasteiger partial charge in [-0.2, -0.15) is 0 Å². The van der Waals surface area contributed by atoms with Crippen molar-refractivity contribution in [3.63, 3.8) is 0 Å². The number of carbonyl (C=O) groups excluding carboxylic acids is 1. The number of nitrogens with one attached hydrogen (secondary N) is 2. The number of aromatic nitrogens is 1. The quantitative estimate of drug-likeness (QED) is 0.888. The standard InChI is InChI=1S/C18H24N4O2/c1-21-12-9-14-15(17(21)23)6-3-7-16(14)20-18(24)22(2)13-5-4-10-19-11-8-13/h3,6-7,9,12-13,19H,4-5,8,10-11H2,1-2H3,(H,20,24). The first-order valence-corrected chi connectivity index (χ1v) is 8.41. The molecule has 1 atom stereocenters. The van der Waals surface area contributed by atoms with Gasteiger partial charge in [-0.15, -0.1) is 0 Å². The highest BCUT2D eigenvalue weighted by molar-refractivity contribution is 6.01. The summed E-state index contributed by atoms with van der Waals surface area (Å²) in [6.45, 7) is 1.95. The van der Waals surface area contributed by atoms with Crippen molar-refractivity contribution in [1.82, 2.24) is 14.8 Å². The molecule has 1 aliphatic heterocycles. The highest BCUT2D eigenvalue weighted by atomic mass is 16.2. The van der Waals surface area contributed by atoms with Gasteiger partial charge in [-0.05, 0) is 50.6 Å². The number of aryl methyl sites for hydroxylation is 1. The molecular weight excluding hydrogens is 304 g/mol. The van der Waals surface area contributed by atoms with Crippen LogP contribution in [-0.2, 0) is 7.05 Å². The Hall–Kier alpha value is -2.34. The summed E-state index contributed by atoms with van der Waals surface area (Å²) in [5.74, 6) is 0. The van der Waals surface area contributed by atoms with Gasteiger partial charge < -0.3 is 20.1 Å². The van der Waals surface area contributed by atoms with Gasteiger partial charge in [-0.1, -0.05) is 6.07 Å². The third-order valence-corrected chi connectivity index (χ3v) is 4.78. The lowest BCUT2D eigenvalue weighted by Crippen LogP contribution is -2.40. The number of nitrogens with zero attached hydrogens (tertiary/aromatic N) is 2. The molecule has 6 nitrogen and oxygen atoms in total. The van der Waals surface area contributed by atoms with Crippen LogP contribution >= 0.6 is 0 Å². The number of anilines is 1. The third kappa shape index (κ3) is 3.28. The maximum Gasteiger partial charge on any atom is 0.321 e. The van der Waals surface area contributed by atoms with Crippen molar-refractivity contribution in [3.05, 3.63) is 40.8 Å². The van der Waals surface area contributed by atoms with Gasteiger partial charge in [0, 0.05) is 37.1 Å². The van der Waals surface area contributed by atoms with Gasteiger partial charge in [-0.25, -0.2) is 4.79 Å². The molecule has 2 amide bonds. The number of urea groups is 1. The summed E-state index contributed by atoms with van der Waals surface area (Å²) in [4.78, 5) is 26.6. The van der Waals surface area contributed by atoms with Crippen LogP contribution in [-0.4, -0.2) is 41.7 Å². The van der Waals surface area contributed by atoms with Gasteiger partial charge >= 0.3 is 6.03 Å². The topological polar surface area (TPSA) is 66.4 Å². The van der Waals surface area contributed by atoms with Crippen LogP contribution in [0.2, 0.25) is 0 Å². The monoisotopic (exact) mass is 328 g/mol. The van der Waals surface area contributed by atoms with Crippen molar-refractivity contribution in [2.45, 2.75) is 25.3 Å². The first kappa shape index (κ1) is 16.5. The van der Waals surface area contributed by atoms with Crippen LogP contribution < -0.4 is 16.2 Å². The van der Waals surface area contributed by atoms with Crippen molar-refractivity contribution in [2.75, 3.05) is 25.5 Å². The van der Waals surface area contributed by atoms with E-state index in [0.717, 1.165) is 37.7 Å². The predicted octanol–water partition coefficient (Wildman–Crippen LogP) is 2.14. The number of benzene rings is 1. The van der Waals surface area contributed by atoms with Gasteiger partial charge in [0.1, 0.15) is 0 Å². The van der Waals surface area contributed by atoms with Crippen molar-refractivity contribution in [2.24, 2.45) is 7.05 Å². The molecule has 0 radical (unpaired) electrons. The Morgan fingerprint density at radius 2 is 2.08 bits per heavy atom. The zero-order valence-electron chi connectivity index (χ0n) is 14.2. The van der Waals surface area contributed by atoms with E-state index in [9.17, 15) is 9.59 Å². The molecule has 1 aromatic heterocycles. The molecular formula is C18H24N4O2. The fourth-order valence-electron chi connectivity index (χ4n) is 3.24. The van der Waals surface area contributed by atoms with E-state index in [4.69, 9.17) is 0 Å². The van der Waals surface area contributed by atoms with Gasteiger partial charge in [0.15, 0.2) is 0 Å². The minimum atomic E-state index is -0.130. The molecule has 1 aliphatic rings. The van der Waals surface area contributed by atoms with E-state index in [0.29, 0.717) is 11.1 Å². The Morgan fingerprint density at radius 3 is 2.92 bits per heavy atom. The van der Waals surface area contributed by atoms with Crippen LogP contribution in [0, 0.1) is 0 Å². The van der Waals surface area contributed by atoms with E-state index in [1.165, 1.54) is 0 Å². The van der Waals surface area contributed by atoms with Gasteiger partial charge in [0.2, 0.25) is 0 Å². The second-order valence-corrected chi connectivity index (χ2v) is 6.37. The number of fused-ring (bicyclic) bond motifs is 1. The second kappa shape index (κ2) is 7.05. The predicted molar refractivity (Wildman–Crippen MR) is 96.5 cm³/mol. The van der Waals surface area contributed by atoms with Crippen LogP contribution in [0.1, 0.15) is 19.3 Å². The summed E-state index contributed by atoms with van der Waals surface area (Å²) in [5.41, 5.74) is 0.612. The maximum atomic E-state index is 12.6. The number of amides is 2. The Bertz CT molecular complexity index is 791. The number of hydrogen-bond acceptors (Lipinski definition) is 3. The Morgan fingerprint density at radius 1 is 1.25 bits per heavy atom.